The first-order chi connectivity index (χ1) is 9.48. The van der Waals surface area contributed by atoms with Crippen LogP contribution >= 0.6 is 15.9 Å². The van der Waals surface area contributed by atoms with Gasteiger partial charge in [0.2, 0.25) is 0 Å². The maximum absolute atomic E-state index is 11.7. The number of halogens is 1. The normalized spacial score (nSPS) is 13.3. The van der Waals surface area contributed by atoms with Gasteiger partial charge in [-0.25, -0.2) is 8.42 Å². The minimum atomic E-state index is -2.90. The Morgan fingerprint density at radius 1 is 1.30 bits per heavy atom. The molecule has 114 valence electrons. The highest BCUT2D eigenvalue weighted by Gasteiger charge is 2.16. The van der Waals surface area contributed by atoms with E-state index in [9.17, 15) is 8.42 Å². The molecule has 0 aliphatic carbocycles. The lowest BCUT2D eigenvalue weighted by Crippen LogP contribution is -2.24. The first kappa shape index (κ1) is 17.7. The van der Waals surface area contributed by atoms with E-state index in [-0.39, 0.29) is 17.4 Å². The fourth-order valence-electron chi connectivity index (χ4n) is 2.07. The average molecular weight is 362 g/mol. The van der Waals surface area contributed by atoms with E-state index in [0.717, 1.165) is 24.0 Å². The molecule has 1 aromatic rings. The molecule has 0 radical (unpaired) electrons. The smallest absolute Gasteiger partial charge is 0.150 e. The minimum absolute atomic E-state index is 0.223. The second kappa shape index (κ2) is 8.80. The zero-order valence-electron chi connectivity index (χ0n) is 12.2. The largest absolute Gasteiger partial charge is 0.316 e. The first-order valence-electron chi connectivity index (χ1n) is 7.15. The van der Waals surface area contributed by atoms with Gasteiger partial charge in [0.15, 0.2) is 0 Å². The van der Waals surface area contributed by atoms with Crippen LogP contribution in [0.2, 0.25) is 0 Å². The summed E-state index contributed by atoms with van der Waals surface area (Å²) in [6.07, 6.45) is 1.75. The molecule has 1 N–H and O–H groups in total. The molecule has 0 saturated carbocycles. The second-order valence-electron chi connectivity index (χ2n) is 4.98. The van der Waals surface area contributed by atoms with Crippen molar-refractivity contribution in [3.05, 3.63) is 34.3 Å². The lowest BCUT2D eigenvalue weighted by Gasteiger charge is -2.18. The highest BCUT2D eigenvalue weighted by molar-refractivity contribution is 9.10. The molecular weight excluding hydrogens is 338 g/mol. The van der Waals surface area contributed by atoms with Gasteiger partial charge in [0.05, 0.1) is 5.75 Å². The van der Waals surface area contributed by atoms with E-state index < -0.39 is 9.84 Å². The molecule has 0 heterocycles. The van der Waals surface area contributed by atoms with Gasteiger partial charge >= 0.3 is 0 Å². The van der Waals surface area contributed by atoms with Gasteiger partial charge < -0.3 is 5.32 Å². The molecule has 1 rings (SSSR count). The van der Waals surface area contributed by atoms with Crippen molar-refractivity contribution < 1.29 is 8.42 Å². The molecule has 0 fully saturated rings. The molecule has 0 aliphatic rings. The molecule has 1 aromatic carbocycles. The van der Waals surface area contributed by atoms with Crippen LogP contribution in [0.25, 0.3) is 0 Å². The number of hydrogen-bond acceptors (Lipinski definition) is 3. The fourth-order valence-corrected chi connectivity index (χ4v) is 3.42. The summed E-state index contributed by atoms with van der Waals surface area (Å²) < 4.78 is 24.4. The maximum Gasteiger partial charge on any atom is 0.150 e. The number of sulfone groups is 1. The summed E-state index contributed by atoms with van der Waals surface area (Å²) in [6.45, 7) is 5.62. The second-order valence-corrected chi connectivity index (χ2v) is 8.37. The Kier molecular flexibility index (Phi) is 7.77. The summed E-state index contributed by atoms with van der Waals surface area (Å²) in [5.41, 5.74) is 1.19. The SMILES string of the molecule is CCCNCC(CCS(=O)(=O)CC)c1cccc(Br)c1. The lowest BCUT2D eigenvalue weighted by molar-refractivity contribution is 0.554. The summed E-state index contributed by atoms with van der Waals surface area (Å²) in [7, 11) is -2.90. The van der Waals surface area contributed by atoms with Gasteiger partial charge in [0.25, 0.3) is 0 Å². The van der Waals surface area contributed by atoms with Gasteiger partial charge in [-0.2, -0.15) is 0 Å². The molecule has 0 amide bonds. The van der Waals surface area contributed by atoms with E-state index in [1.807, 2.05) is 12.1 Å². The van der Waals surface area contributed by atoms with Gasteiger partial charge in [0.1, 0.15) is 9.84 Å². The summed E-state index contributed by atoms with van der Waals surface area (Å²) in [5.74, 6) is 0.718. The third kappa shape index (κ3) is 6.37. The summed E-state index contributed by atoms with van der Waals surface area (Å²) >= 11 is 3.48. The average Bonchev–Trinajstić information content (AvgIpc) is 2.42. The fraction of sp³-hybridized carbons (Fsp3) is 0.600. The van der Waals surface area contributed by atoms with Crippen LogP contribution in [0, 0.1) is 0 Å². The standard InChI is InChI=1S/C15H24BrNO2S/c1-3-9-17-12-14(8-10-20(18,19)4-2)13-6-5-7-15(16)11-13/h5-7,11,14,17H,3-4,8-10,12H2,1-2H3. The van der Waals surface area contributed by atoms with Crippen molar-refractivity contribution in [3.8, 4) is 0 Å². The van der Waals surface area contributed by atoms with E-state index >= 15 is 0 Å². The van der Waals surface area contributed by atoms with Crippen molar-refractivity contribution >= 4 is 25.8 Å². The zero-order chi connectivity index (χ0) is 15.0. The van der Waals surface area contributed by atoms with Crippen molar-refractivity contribution in [1.82, 2.24) is 5.32 Å². The molecule has 5 heteroatoms. The molecule has 20 heavy (non-hydrogen) atoms. The zero-order valence-corrected chi connectivity index (χ0v) is 14.6. The van der Waals surface area contributed by atoms with Gasteiger partial charge in [-0.15, -0.1) is 0 Å². The first-order valence-corrected chi connectivity index (χ1v) is 9.76. The molecule has 0 aliphatic heterocycles. The topological polar surface area (TPSA) is 46.2 Å². The van der Waals surface area contributed by atoms with Crippen LogP contribution in [-0.4, -0.2) is 33.0 Å². The summed E-state index contributed by atoms with van der Waals surface area (Å²) in [5, 5.41) is 3.40. The highest BCUT2D eigenvalue weighted by atomic mass is 79.9. The van der Waals surface area contributed by atoms with Crippen LogP contribution in [0.15, 0.2) is 28.7 Å². The van der Waals surface area contributed by atoms with Crippen molar-refractivity contribution in [2.45, 2.75) is 32.6 Å². The van der Waals surface area contributed by atoms with Crippen molar-refractivity contribution in [2.24, 2.45) is 0 Å². The third-order valence-electron chi connectivity index (χ3n) is 3.35. The van der Waals surface area contributed by atoms with Crippen LogP contribution in [0.3, 0.4) is 0 Å². The Bertz CT molecular complexity index is 502. The van der Waals surface area contributed by atoms with Gasteiger partial charge in [-0.3, -0.25) is 0 Å². The molecule has 1 unspecified atom stereocenters. The van der Waals surface area contributed by atoms with E-state index in [2.05, 4.69) is 40.3 Å². The predicted octanol–water partition coefficient (Wildman–Crippen LogP) is 3.36. The monoisotopic (exact) mass is 361 g/mol. The van der Waals surface area contributed by atoms with Crippen LogP contribution in [0.5, 0.6) is 0 Å². The number of benzene rings is 1. The number of rotatable bonds is 9. The quantitative estimate of drug-likeness (QED) is 0.686. The Labute approximate surface area is 131 Å². The third-order valence-corrected chi connectivity index (χ3v) is 5.59. The molecule has 0 aromatic heterocycles. The molecular formula is C15H24BrNO2S. The van der Waals surface area contributed by atoms with E-state index in [0.29, 0.717) is 6.42 Å². The molecule has 0 bridgehead atoms. The van der Waals surface area contributed by atoms with Gasteiger partial charge in [-0.05, 0) is 43.0 Å². The van der Waals surface area contributed by atoms with Gasteiger partial charge in [0, 0.05) is 16.8 Å². The van der Waals surface area contributed by atoms with E-state index in [1.54, 1.807) is 6.92 Å². The Morgan fingerprint density at radius 2 is 2.05 bits per heavy atom. The predicted molar refractivity (Wildman–Crippen MR) is 89.0 cm³/mol. The Hall–Kier alpha value is -0.390. The number of hydrogen-bond donors (Lipinski definition) is 1. The lowest BCUT2D eigenvalue weighted by atomic mass is 9.96. The Morgan fingerprint density at radius 3 is 2.65 bits per heavy atom. The van der Waals surface area contributed by atoms with Crippen LogP contribution in [0.4, 0.5) is 0 Å². The minimum Gasteiger partial charge on any atom is -0.316 e. The molecule has 0 saturated heterocycles. The molecule has 1 atom stereocenters. The Balaban J connectivity index is 2.74. The van der Waals surface area contributed by atoms with E-state index in [4.69, 9.17) is 0 Å². The molecule has 3 nitrogen and oxygen atoms in total. The number of nitrogens with one attached hydrogen (secondary N) is 1. The molecule has 0 spiro atoms. The van der Waals surface area contributed by atoms with Crippen LogP contribution < -0.4 is 5.32 Å². The van der Waals surface area contributed by atoms with E-state index in [1.165, 1.54) is 5.56 Å². The maximum atomic E-state index is 11.7. The van der Waals surface area contributed by atoms with Crippen molar-refractivity contribution in [1.29, 1.82) is 0 Å². The van der Waals surface area contributed by atoms with Crippen molar-refractivity contribution in [2.75, 3.05) is 24.6 Å². The van der Waals surface area contributed by atoms with Gasteiger partial charge in [-0.1, -0.05) is 41.9 Å². The summed E-state index contributed by atoms with van der Waals surface area (Å²) in [6, 6.07) is 8.14. The van der Waals surface area contributed by atoms with Crippen LogP contribution in [-0.2, 0) is 9.84 Å². The van der Waals surface area contributed by atoms with Crippen molar-refractivity contribution in [3.63, 3.8) is 0 Å². The highest BCUT2D eigenvalue weighted by Crippen LogP contribution is 2.23. The van der Waals surface area contributed by atoms with Crippen LogP contribution in [0.1, 0.15) is 38.2 Å². The summed E-state index contributed by atoms with van der Waals surface area (Å²) in [4.78, 5) is 0.